The third-order valence-electron chi connectivity index (χ3n) is 3.15. The molecule has 20 heavy (non-hydrogen) atoms. The van der Waals surface area contributed by atoms with Crippen LogP contribution in [0.5, 0.6) is 0 Å². The van der Waals surface area contributed by atoms with Gasteiger partial charge in [0.2, 0.25) is 5.91 Å². The lowest BCUT2D eigenvalue weighted by Gasteiger charge is -2.11. The van der Waals surface area contributed by atoms with E-state index in [0.717, 1.165) is 5.56 Å². The van der Waals surface area contributed by atoms with Crippen LogP contribution in [0.3, 0.4) is 0 Å². The second-order valence-corrected chi connectivity index (χ2v) is 4.49. The first kappa shape index (κ1) is 14.0. The number of hydrogen-bond acceptors (Lipinski definition) is 4. The monoisotopic (exact) mass is 276 g/mol. The third-order valence-corrected chi connectivity index (χ3v) is 3.15. The Morgan fingerprint density at radius 1 is 1.35 bits per heavy atom. The molecule has 106 valence electrons. The van der Waals surface area contributed by atoms with E-state index in [-0.39, 0.29) is 43.2 Å². The van der Waals surface area contributed by atoms with Gasteiger partial charge in [-0.2, -0.15) is 0 Å². The van der Waals surface area contributed by atoms with Crippen LogP contribution in [0, 0.1) is 0 Å². The number of carbonyl (C=O) groups is 3. The number of methoxy groups -OCH3 is 1. The minimum absolute atomic E-state index is 0.135. The van der Waals surface area contributed by atoms with Crippen LogP contribution in [-0.4, -0.2) is 31.4 Å². The highest BCUT2D eigenvalue weighted by Crippen LogP contribution is 2.27. The van der Waals surface area contributed by atoms with Gasteiger partial charge in [-0.15, -0.1) is 0 Å². The second kappa shape index (κ2) is 6.18. The first-order valence-electron chi connectivity index (χ1n) is 6.35. The maximum atomic E-state index is 11.8. The fourth-order valence-electron chi connectivity index (χ4n) is 2.15. The van der Waals surface area contributed by atoms with Crippen LogP contribution in [0.2, 0.25) is 0 Å². The topological polar surface area (TPSA) is 84.5 Å². The minimum Gasteiger partial charge on any atom is -0.469 e. The van der Waals surface area contributed by atoms with Gasteiger partial charge in [0.05, 0.1) is 26.0 Å². The minimum atomic E-state index is -0.371. The molecule has 2 N–H and O–H groups in total. The Bertz CT molecular complexity index is 542. The maximum Gasteiger partial charge on any atom is 0.307 e. The lowest BCUT2D eigenvalue weighted by atomic mass is 10.0. The molecular formula is C14H16N2O4. The molecule has 6 nitrogen and oxygen atoms in total. The van der Waals surface area contributed by atoms with E-state index in [1.807, 2.05) is 12.1 Å². The van der Waals surface area contributed by atoms with E-state index in [9.17, 15) is 14.4 Å². The van der Waals surface area contributed by atoms with Gasteiger partial charge in [0.25, 0.3) is 5.91 Å². The van der Waals surface area contributed by atoms with Crippen molar-refractivity contribution in [3.8, 4) is 0 Å². The number of hydrogen-bond donors (Lipinski definition) is 2. The van der Waals surface area contributed by atoms with Crippen LogP contribution in [0.4, 0.5) is 0 Å². The van der Waals surface area contributed by atoms with Crippen molar-refractivity contribution in [2.75, 3.05) is 13.7 Å². The molecule has 2 rings (SSSR count). The smallest absolute Gasteiger partial charge is 0.307 e. The summed E-state index contributed by atoms with van der Waals surface area (Å²) in [7, 11) is 1.30. The van der Waals surface area contributed by atoms with Crippen molar-refractivity contribution >= 4 is 17.8 Å². The highest BCUT2D eigenvalue weighted by atomic mass is 16.5. The Labute approximate surface area is 116 Å². The Hall–Kier alpha value is -2.37. The quantitative estimate of drug-likeness (QED) is 0.769. The van der Waals surface area contributed by atoms with Crippen LogP contribution in [-0.2, 0) is 14.3 Å². The Kier molecular flexibility index (Phi) is 4.34. The normalized spacial score (nSPS) is 16.2. The fourth-order valence-corrected chi connectivity index (χ4v) is 2.15. The highest BCUT2D eigenvalue weighted by molar-refractivity contribution is 5.99. The van der Waals surface area contributed by atoms with Gasteiger partial charge in [0, 0.05) is 12.1 Å². The van der Waals surface area contributed by atoms with E-state index >= 15 is 0 Å². The molecule has 0 saturated heterocycles. The van der Waals surface area contributed by atoms with E-state index < -0.39 is 0 Å². The molecule has 1 heterocycles. The molecule has 0 fully saturated rings. The van der Waals surface area contributed by atoms with E-state index in [1.54, 1.807) is 12.1 Å². The molecule has 0 bridgehead atoms. The molecule has 1 aliphatic heterocycles. The van der Waals surface area contributed by atoms with Crippen LogP contribution in [0.25, 0.3) is 0 Å². The average molecular weight is 276 g/mol. The molecule has 0 radical (unpaired) electrons. The molecule has 1 aromatic rings. The second-order valence-electron chi connectivity index (χ2n) is 4.49. The van der Waals surface area contributed by atoms with Crippen molar-refractivity contribution in [3.63, 3.8) is 0 Å². The summed E-state index contributed by atoms with van der Waals surface area (Å²) in [6.07, 6.45) is 0.291. The summed E-state index contributed by atoms with van der Waals surface area (Å²) in [5.41, 5.74) is 1.44. The van der Waals surface area contributed by atoms with Gasteiger partial charge in [-0.1, -0.05) is 18.2 Å². The predicted octanol–water partition coefficient (Wildman–Crippen LogP) is 0.540. The number of nitrogens with one attached hydrogen (secondary N) is 2. The number of ether oxygens (including phenoxy) is 1. The molecule has 0 spiro atoms. The van der Waals surface area contributed by atoms with E-state index in [1.165, 1.54) is 7.11 Å². The Morgan fingerprint density at radius 3 is 2.85 bits per heavy atom. The molecular weight excluding hydrogens is 260 g/mol. The van der Waals surface area contributed by atoms with Gasteiger partial charge in [-0.25, -0.2) is 0 Å². The molecule has 1 atom stereocenters. The van der Waals surface area contributed by atoms with Gasteiger partial charge in [-0.3, -0.25) is 14.4 Å². The number of carbonyl (C=O) groups excluding carboxylic acids is 3. The SMILES string of the molecule is COC(=O)CCNC(=O)C[C@H]1NC(=O)c2ccccc21. The summed E-state index contributed by atoms with van der Waals surface area (Å²) >= 11 is 0. The molecule has 0 unspecified atom stereocenters. The van der Waals surface area contributed by atoms with E-state index in [0.29, 0.717) is 5.56 Å². The predicted molar refractivity (Wildman–Crippen MR) is 70.9 cm³/mol. The zero-order valence-electron chi connectivity index (χ0n) is 11.1. The van der Waals surface area contributed by atoms with Gasteiger partial charge >= 0.3 is 5.97 Å². The van der Waals surface area contributed by atoms with Crippen molar-refractivity contribution in [2.45, 2.75) is 18.9 Å². The largest absolute Gasteiger partial charge is 0.469 e. The van der Waals surface area contributed by atoms with Gasteiger partial charge < -0.3 is 15.4 Å². The first-order chi connectivity index (χ1) is 9.61. The van der Waals surface area contributed by atoms with Crippen molar-refractivity contribution < 1.29 is 19.1 Å². The lowest BCUT2D eigenvalue weighted by Crippen LogP contribution is -2.30. The molecule has 0 aromatic heterocycles. The van der Waals surface area contributed by atoms with Gasteiger partial charge in [-0.05, 0) is 11.6 Å². The Balaban J connectivity index is 1.87. The summed E-state index contributed by atoms with van der Waals surface area (Å²) in [5.74, 6) is -0.742. The van der Waals surface area contributed by atoms with Crippen molar-refractivity contribution in [1.82, 2.24) is 10.6 Å². The van der Waals surface area contributed by atoms with Crippen LogP contribution < -0.4 is 10.6 Å². The number of rotatable bonds is 5. The first-order valence-corrected chi connectivity index (χ1v) is 6.35. The summed E-state index contributed by atoms with van der Waals surface area (Å²) in [6, 6.07) is 6.88. The third kappa shape index (κ3) is 3.14. The summed E-state index contributed by atoms with van der Waals surface area (Å²) in [6.45, 7) is 0.230. The molecule has 2 amide bonds. The standard InChI is InChI=1S/C14H16N2O4/c1-20-13(18)6-7-15-12(17)8-11-9-4-2-3-5-10(9)14(19)16-11/h2-5,11H,6-8H2,1H3,(H,15,17)(H,16,19)/t11-/m1/s1. The number of amides is 2. The van der Waals surface area contributed by atoms with Crippen LogP contribution in [0.15, 0.2) is 24.3 Å². The van der Waals surface area contributed by atoms with E-state index in [4.69, 9.17) is 0 Å². The van der Waals surface area contributed by atoms with Crippen LogP contribution >= 0.6 is 0 Å². The Morgan fingerprint density at radius 2 is 2.10 bits per heavy atom. The van der Waals surface area contributed by atoms with Crippen molar-refractivity contribution in [2.24, 2.45) is 0 Å². The summed E-state index contributed by atoms with van der Waals surface area (Å²) < 4.78 is 4.48. The fraction of sp³-hybridized carbons (Fsp3) is 0.357. The number of benzene rings is 1. The van der Waals surface area contributed by atoms with Gasteiger partial charge in [0.1, 0.15) is 0 Å². The zero-order chi connectivity index (χ0) is 14.5. The average Bonchev–Trinajstić information content (AvgIpc) is 2.76. The van der Waals surface area contributed by atoms with Crippen molar-refractivity contribution in [1.29, 1.82) is 0 Å². The molecule has 0 saturated carbocycles. The molecule has 0 aliphatic carbocycles. The molecule has 1 aliphatic rings. The van der Waals surface area contributed by atoms with Crippen LogP contribution in [0.1, 0.15) is 34.8 Å². The van der Waals surface area contributed by atoms with Gasteiger partial charge in [0.15, 0.2) is 0 Å². The highest BCUT2D eigenvalue weighted by Gasteiger charge is 2.29. The zero-order valence-corrected chi connectivity index (χ0v) is 11.1. The summed E-state index contributed by atoms with van der Waals surface area (Å²) in [5, 5.41) is 5.40. The molecule has 6 heteroatoms. The number of fused-ring (bicyclic) bond motifs is 1. The summed E-state index contributed by atoms with van der Waals surface area (Å²) in [4.78, 5) is 34.4. The maximum absolute atomic E-state index is 11.8. The molecule has 1 aromatic carbocycles. The van der Waals surface area contributed by atoms with Crippen molar-refractivity contribution in [3.05, 3.63) is 35.4 Å². The van der Waals surface area contributed by atoms with E-state index in [2.05, 4.69) is 15.4 Å². The number of esters is 1. The lowest BCUT2D eigenvalue weighted by molar-refractivity contribution is -0.140.